The first-order valence-electron chi connectivity index (χ1n) is 7.49. The molecule has 2 aromatic rings. The van der Waals surface area contributed by atoms with Gasteiger partial charge in [0, 0.05) is 17.8 Å². The average Bonchev–Trinajstić information content (AvgIpc) is 2.55. The van der Waals surface area contributed by atoms with Crippen molar-refractivity contribution in [1.29, 1.82) is 0 Å². The van der Waals surface area contributed by atoms with E-state index in [1.54, 1.807) is 19.1 Å². The molecular weight excluding hydrogens is 292 g/mol. The van der Waals surface area contributed by atoms with Gasteiger partial charge in [0.2, 0.25) is 0 Å². The molecule has 0 heterocycles. The Hall–Kier alpha value is -2.66. The number of benzene rings is 2. The summed E-state index contributed by atoms with van der Waals surface area (Å²) in [6, 6.07) is 16.9. The lowest BCUT2D eigenvalue weighted by molar-refractivity contribution is -0.136. The van der Waals surface area contributed by atoms with Crippen molar-refractivity contribution in [1.82, 2.24) is 5.32 Å². The van der Waals surface area contributed by atoms with Crippen LogP contribution < -0.4 is 10.6 Å². The maximum absolute atomic E-state index is 12.0. The fraction of sp³-hybridized carbons (Fsp3) is 0.222. The van der Waals surface area contributed by atoms with E-state index in [1.165, 1.54) is 0 Å². The normalized spacial score (nSPS) is 11.6. The standard InChI is InChI=1S/C18H20N2O3/c1-13(21)11-12-19-17(22)18(23)20-16-10-6-5-9-15(16)14-7-3-2-4-8-14/h2-10,13,21H,11-12H2,1H3,(H,19,22)(H,20,23). The van der Waals surface area contributed by atoms with Crippen LogP contribution in [0.25, 0.3) is 11.1 Å². The fourth-order valence-corrected chi connectivity index (χ4v) is 2.12. The SMILES string of the molecule is CC(O)CCNC(=O)C(=O)Nc1ccccc1-c1ccccc1. The van der Waals surface area contributed by atoms with Crippen molar-refractivity contribution in [3.8, 4) is 11.1 Å². The van der Waals surface area contributed by atoms with Gasteiger partial charge in [0.25, 0.3) is 0 Å². The number of carbonyl (C=O) groups excluding carboxylic acids is 2. The Balaban J connectivity index is 2.06. The highest BCUT2D eigenvalue weighted by molar-refractivity contribution is 6.39. The zero-order valence-electron chi connectivity index (χ0n) is 13.0. The molecule has 23 heavy (non-hydrogen) atoms. The van der Waals surface area contributed by atoms with Gasteiger partial charge in [-0.1, -0.05) is 48.5 Å². The van der Waals surface area contributed by atoms with Crippen molar-refractivity contribution in [3.05, 3.63) is 54.6 Å². The van der Waals surface area contributed by atoms with E-state index in [0.29, 0.717) is 12.1 Å². The van der Waals surface area contributed by atoms with Gasteiger partial charge in [-0.2, -0.15) is 0 Å². The van der Waals surface area contributed by atoms with E-state index in [9.17, 15) is 9.59 Å². The molecule has 1 unspecified atom stereocenters. The monoisotopic (exact) mass is 312 g/mol. The highest BCUT2D eigenvalue weighted by Crippen LogP contribution is 2.27. The predicted octanol–water partition coefficient (Wildman–Crippen LogP) is 2.18. The molecule has 5 nitrogen and oxygen atoms in total. The molecule has 1 atom stereocenters. The number of amides is 2. The lowest BCUT2D eigenvalue weighted by atomic mass is 10.0. The smallest absolute Gasteiger partial charge is 0.313 e. The first-order valence-corrected chi connectivity index (χ1v) is 7.49. The van der Waals surface area contributed by atoms with Crippen LogP contribution in [0.15, 0.2) is 54.6 Å². The largest absolute Gasteiger partial charge is 0.393 e. The summed E-state index contributed by atoms with van der Waals surface area (Å²) in [6.45, 7) is 1.88. The molecule has 3 N–H and O–H groups in total. The summed E-state index contributed by atoms with van der Waals surface area (Å²) < 4.78 is 0. The molecule has 5 heteroatoms. The van der Waals surface area contributed by atoms with E-state index in [-0.39, 0.29) is 6.54 Å². The Morgan fingerprint density at radius 2 is 1.65 bits per heavy atom. The van der Waals surface area contributed by atoms with Gasteiger partial charge in [-0.3, -0.25) is 9.59 Å². The van der Waals surface area contributed by atoms with Gasteiger partial charge in [-0.25, -0.2) is 0 Å². The third kappa shape index (κ3) is 4.93. The number of hydrogen-bond acceptors (Lipinski definition) is 3. The summed E-state index contributed by atoms with van der Waals surface area (Å²) >= 11 is 0. The summed E-state index contributed by atoms with van der Waals surface area (Å²) in [4.78, 5) is 23.8. The summed E-state index contributed by atoms with van der Waals surface area (Å²) in [6.07, 6.45) is -0.114. The molecule has 0 bridgehead atoms. The van der Waals surface area contributed by atoms with Crippen LogP contribution >= 0.6 is 0 Å². The lowest BCUT2D eigenvalue weighted by Gasteiger charge is -2.11. The molecule has 120 valence electrons. The zero-order valence-corrected chi connectivity index (χ0v) is 13.0. The van der Waals surface area contributed by atoms with E-state index >= 15 is 0 Å². The summed E-state index contributed by atoms with van der Waals surface area (Å²) in [7, 11) is 0. The van der Waals surface area contributed by atoms with E-state index in [4.69, 9.17) is 5.11 Å². The van der Waals surface area contributed by atoms with Crippen molar-refractivity contribution in [2.75, 3.05) is 11.9 Å². The number of carbonyl (C=O) groups is 2. The maximum Gasteiger partial charge on any atom is 0.313 e. The molecule has 0 aliphatic rings. The third-order valence-electron chi connectivity index (χ3n) is 3.31. The van der Waals surface area contributed by atoms with Gasteiger partial charge < -0.3 is 15.7 Å². The molecule has 2 amide bonds. The van der Waals surface area contributed by atoms with Crippen LogP contribution in [0.4, 0.5) is 5.69 Å². The van der Waals surface area contributed by atoms with Crippen LogP contribution in [0.1, 0.15) is 13.3 Å². The quantitative estimate of drug-likeness (QED) is 0.741. The highest BCUT2D eigenvalue weighted by atomic mass is 16.3. The Kier molecular flexibility index (Phi) is 5.88. The molecule has 0 aliphatic heterocycles. The Labute approximate surface area is 135 Å². The summed E-state index contributed by atoms with van der Waals surface area (Å²) in [5.41, 5.74) is 2.38. The molecule has 0 aromatic heterocycles. The minimum atomic E-state index is -0.723. The Bertz CT molecular complexity index is 669. The van der Waals surface area contributed by atoms with Crippen LogP contribution in [0.5, 0.6) is 0 Å². The van der Waals surface area contributed by atoms with Crippen LogP contribution in [-0.4, -0.2) is 29.6 Å². The third-order valence-corrected chi connectivity index (χ3v) is 3.31. The van der Waals surface area contributed by atoms with Gasteiger partial charge in [-0.15, -0.1) is 0 Å². The first-order chi connectivity index (χ1) is 11.1. The number of nitrogens with one attached hydrogen (secondary N) is 2. The Morgan fingerprint density at radius 3 is 2.35 bits per heavy atom. The predicted molar refractivity (Wildman–Crippen MR) is 89.8 cm³/mol. The fourth-order valence-electron chi connectivity index (χ4n) is 2.12. The molecule has 0 saturated heterocycles. The number of aliphatic hydroxyl groups excluding tert-OH is 1. The van der Waals surface area contributed by atoms with Crippen molar-refractivity contribution >= 4 is 17.5 Å². The van der Waals surface area contributed by atoms with Crippen molar-refractivity contribution in [2.24, 2.45) is 0 Å². The molecule has 0 spiro atoms. The van der Waals surface area contributed by atoms with Gasteiger partial charge in [0.15, 0.2) is 0 Å². The average molecular weight is 312 g/mol. The minimum absolute atomic E-state index is 0.254. The number of rotatable bonds is 5. The highest BCUT2D eigenvalue weighted by Gasteiger charge is 2.15. The molecule has 2 rings (SSSR count). The second kappa shape index (κ2) is 8.10. The molecule has 0 radical (unpaired) electrons. The Morgan fingerprint density at radius 1 is 1.00 bits per heavy atom. The van der Waals surface area contributed by atoms with Gasteiger partial charge in [0.1, 0.15) is 0 Å². The molecule has 0 aliphatic carbocycles. The maximum atomic E-state index is 12.0. The van der Waals surface area contributed by atoms with Crippen LogP contribution in [0, 0.1) is 0 Å². The molecule has 0 saturated carbocycles. The van der Waals surface area contributed by atoms with Crippen LogP contribution in [0.2, 0.25) is 0 Å². The number of anilines is 1. The van der Waals surface area contributed by atoms with Crippen molar-refractivity contribution in [3.63, 3.8) is 0 Å². The summed E-state index contributed by atoms with van der Waals surface area (Å²) in [5, 5.41) is 14.3. The van der Waals surface area contributed by atoms with Gasteiger partial charge in [0.05, 0.1) is 6.10 Å². The van der Waals surface area contributed by atoms with Gasteiger partial charge in [-0.05, 0) is 25.0 Å². The molecule has 0 fully saturated rings. The van der Waals surface area contributed by atoms with E-state index in [2.05, 4.69) is 10.6 Å². The van der Waals surface area contributed by atoms with Gasteiger partial charge >= 0.3 is 11.8 Å². The molecular formula is C18H20N2O3. The lowest BCUT2D eigenvalue weighted by Crippen LogP contribution is -2.36. The molecule has 2 aromatic carbocycles. The number of para-hydroxylation sites is 1. The minimum Gasteiger partial charge on any atom is -0.393 e. The topological polar surface area (TPSA) is 78.4 Å². The second-order valence-electron chi connectivity index (χ2n) is 5.26. The zero-order chi connectivity index (χ0) is 16.7. The van der Waals surface area contributed by atoms with E-state index in [1.807, 2.05) is 42.5 Å². The number of hydrogen-bond donors (Lipinski definition) is 3. The first kappa shape index (κ1) is 16.7. The number of aliphatic hydroxyl groups is 1. The summed E-state index contributed by atoms with van der Waals surface area (Å²) in [5.74, 6) is -1.44. The van der Waals surface area contributed by atoms with Crippen LogP contribution in [0.3, 0.4) is 0 Å². The second-order valence-corrected chi connectivity index (χ2v) is 5.26. The van der Waals surface area contributed by atoms with E-state index < -0.39 is 17.9 Å². The van der Waals surface area contributed by atoms with Crippen molar-refractivity contribution < 1.29 is 14.7 Å². The van der Waals surface area contributed by atoms with E-state index in [0.717, 1.165) is 11.1 Å². The van der Waals surface area contributed by atoms with Crippen LogP contribution in [-0.2, 0) is 9.59 Å². The van der Waals surface area contributed by atoms with Crippen molar-refractivity contribution in [2.45, 2.75) is 19.4 Å².